The molecule has 3 aromatic rings. The van der Waals surface area contributed by atoms with Crippen LogP contribution in [0, 0.1) is 0 Å². The minimum Gasteiger partial charge on any atom is -0.369 e. The Morgan fingerprint density at radius 3 is 2.58 bits per heavy atom. The molecule has 0 aliphatic carbocycles. The first-order valence-electron chi connectivity index (χ1n) is 7.99. The number of rotatable bonds is 5. The minimum atomic E-state index is -0.281. The van der Waals surface area contributed by atoms with Crippen molar-refractivity contribution >= 4 is 40.5 Å². The third-order valence-electron chi connectivity index (χ3n) is 3.87. The van der Waals surface area contributed by atoms with Crippen molar-refractivity contribution in [2.75, 3.05) is 17.3 Å². The summed E-state index contributed by atoms with van der Waals surface area (Å²) in [6, 6.07) is 16.8. The summed E-state index contributed by atoms with van der Waals surface area (Å²) in [7, 11) is 1.96. The number of nitrogens with one attached hydrogen (secondary N) is 1. The molecule has 1 N–H and O–H groups in total. The smallest absolute Gasteiger partial charge is 0.257 e. The fourth-order valence-corrected chi connectivity index (χ4v) is 2.95. The highest BCUT2D eigenvalue weighted by molar-refractivity contribution is 6.36. The second kappa shape index (κ2) is 8.21. The van der Waals surface area contributed by atoms with Crippen molar-refractivity contribution < 1.29 is 4.79 Å². The molecular weight excluding hydrogens is 369 g/mol. The Balaban J connectivity index is 1.74. The van der Waals surface area contributed by atoms with Gasteiger partial charge in [0.05, 0.1) is 28.2 Å². The lowest BCUT2D eigenvalue weighted by molar-refractivity contribution is 0.102. The number of benzene rings is 2. The molecule has 3 rings (SSSR count). The molecule has 1 amide bonds. The summed E-state index contributed by atoms with van der Waals surface area (Å²) in [5.41, 5.74) is 2.99. The number of nitrogens with zero attached hydrogens (tertiary/aromatic N) is 2. The summed E-state index contributed by atoms with van der Waals surface area (Å²) in [5.74, 6) is -0.281. The van der Waals surface area contributed by atoms with Crippen molar-refractivity contribution in [1.82, 2.24) is 4.98 Å². The maximum Gasteiger partial charge on any atom is 0.257 e. The van der Waals surface area contributed by atoms with E-state index in [2.05, 4.69) is 22.4 Å². The second-order valence-electron chi connectivity index (χ2n) is 5.85. The first-order valence-corrected chi connectivity index (χ1v) is 8.75. The van der Waals surface area contributed by atoms with Crippen molar-refractivity contribution in [2.45, 2.75) is 6.54 Å². The van der Waals surface area contributed by atoms with Gasteiger partial charge in [-0.05, 0) is 29.8 Å². The lowest BCUT2D eigenvalue weighted by Crippen LogP contribution is -2.18. The van der Waals surface area contributed by atoms with Crippen LogP contribution in [0.5, 0.6) is 0 Å². The van der Waals surface area contributed by atoms with E-state index in [1.807, 2.05) is 30.1 Å². The van der Waals surface area contributed by atoms with E-state index in [-0.39, 0.29) is 5.91 Å². The highest BCUT2D eigenvalue weighted by atomic mass is 35.5. The van der Waals surface area contributed by atoms with Gasteiger partial charge in [-0.2, -0.15) is 0 Å². The molecule has 0 saturated heterocycles. The van der Waals surface area contributed by atoms with Gasteiger partial charge in [0.15, 0.2) is 0 Å². The molecule has 0 radical (unpaired) electrons. The van der Waals surface area contributed by atoms with E-state index in [4.69, 9.17) is 23.2 Å². The van der Waals surface area contributed by atoms with Crippen LogP contribution in [-0.2, 0) is 6.54 Å². The third-order valence-corrected chi connectivity index (χ3v) is 4.42. The van der Waals surface area contributed by atoms with E-state index in [9.17, 15) is 4.79 Å². The first kappa shape index (κ1) is 18.2. The van der Waals surface area contributed by atoms with E-state index in [1.54, 1.807) is 30.5 Å². The summed E-state index contributed by atoms with van der Waals surface area (Å²) in [6.45, 7) is 0.719. The molecule has 132 valence electrons. The Morgan fingerprint density at radius 1 is 1.08 bits per heavy atom. The molecule has 0 bridgehead atoms. The average Bonchev–Trinajstić information content (AvgIpc) is 2.65. The third kappa shape index (κ3) is 4.54. The number of hydrogen-bond acceptors (Lipinski definition) is 3. The maximum atomic E-state index is 12.5. The number of carbonyl (C=O) groups is 1. The molecule has 0 saturated carbocycles. The maximum absolute atomic E-state index is 12.5. The van der Waals surface area contributed by atoms with Crippen LogP contribution in [0.25, 0.3) is 0 Å². The Kier molecular flexibility index (Phi) is 5.76. The number of carbonyl (C=O) groups excluding carboxylic acids is 1. The molecule has 26 heavy (non-hydrogen) atoms. The van der Waals surface area contributed by atoms with Crippen LogP contribution < -0.4 is 10.2 Å². The number of pyridine rings is 1. The standard InChI is InChI=1S/C20H17Cl2N3O/c1-25(13-14-5-3-2-4-6-14)17-9-15(11-23-12-17)20(26)24-19-8-7-16(21)10-18(19)22/h2-12H,13H2,1H3,(H,24,26). The molecule has 0 unspecified atom stereocenters. The number of aromatic nitrogens is 1. The average molecular weight is 386 g/mol. The predicted molar refractivity (Wildman–Crippen MR) is 107 cm³/mol. The van der Waals surface area contributed by atoms with Crippen LogP contribution in [0.3, 0.4) is 0 Å². The molecule has 0 aliphatic heterocycles. The Morgan fingerprint density at radius 2 is 1.85 bits per heavy atom. The number of amides is 1. The van der Waals surface area contributed by atoms with Gasteiger partial charge in [0, 0.05) is 24.8 Å². The summed E-state index contributed by atoms with van der Waals surface area (Å²) in [6.07, 6.45) is 3.26. The summed E-state index contributed by atoms with van der Waals surface area (Å²) in [4.78, 5) is 18.7. The predicted octanol–water partition coefficient (Wildman–Crippen LogP) is 5.28. The quantitative estimate of drug-likeness (QED) is 0.649. The Bertz CT molecular complexity index is 916. The summed E-state index contributed by atoms with van der Waals surface area (Å²) >= 11 is 12.0. The molecule has 1 heterocycles. The van der Waals surface area contributed by atoms with Gasteiger partial charge in [-0.3, -0.25) is 9.78 Å². The van der Waals surface area contributed by atoms with Gasteiger partial charge in [0.25, 0.3) is 5.91 Å². The van der Waals surface area contributed by atoms with Crippen LogP contribution >= 0.6 is 23.2 Å². The molecule has 1 aromatic heterocycles. The molecule has 0 atom stereocenters. The summed E-state index contributed by atoms with van der Waals surface area (Å²) in [5, 5.41) is 3.68. The highest BCUT2D eigenvalue weighted by Crippen LogP contribution is 2.26. The van der Waals surface area contributed by atoms with E-state index in [1.165, 1.54) is 11.8 Å². The Labute approximate surface area is 162 Å². The normalized spacial score (nSPS) is 10.4. The second-order valence-corrected chi connectivity index (χ2v) is 6.70. The van der Waals surface area contributed by atoms with Gasteiger partial charge >= 0.3 is 0 Å². The largest absolute Gasteiger partial charge is 0.369 e. The fraction of sp³-hybridized carbons (Fsp3) is 0.100. The molecule has 0 spiro atoms. The van der Waals surface area contributed by atoms with Crippen molar-refractivity contribution in [3.05, 3.63) is 88.2 Å². The lowest BCUT2D eigenvalue weighted by atomic mass is 10.2. The van der Waals surface area contributed by atoms with Crippen molar-refractivity contribution in [1.29, 1.82) is 0 Å². The lowest BCUT2D eigenvalue weighted by Gasteiger charge is -2.19. The minimum absolute atomic E-state index is 0.281. The molecular formula is C20H17Cl2N3O. The number of hydrogen-bond donors (Lipinski definition) is 1. The molecule has 0 aliphatic rings. The number of halogens is 2. The summed E-state index contributed by atoms with van der Waals surface area (Å²) < 4.78 is 0. The fourth-order valence-electron chi connectivity index (χ4n) is 2.49. The van der Waals surface area contributed by atoms with Gasteiger partial charge in [-0.15, -0.1) is 0 Å². The van der Waals surface area contributed by atoms with Crippen LogP contribution in [0.2, 0.25) is 10.0 Å². The zero-order valence-corrected chi connectivity index (χ0v) is 15.6. The van der Waals surface area contributed by atoms with E-state index in [0.717, 1.165) is 12.2 Å². The zero-order chi connectivity index (χ0) is 18.5. The van der Waals surface area contributed by atoms with E-state index in [0.29, 0.717) is 21.3 Å². The van der Waals surface area contributed by atoms with Crippen LogP contribution in [-0.4, -0.2) is 17.9 Å². The molecule has 2 aromatic carbocycles. The van der Waals surface area contributed by atoms with Crippen molar-refractivity contribution in [3.8, 4) is 0 Å². The van der Waals surface area contributed by atoms with Crippen LogP contribution in [0.4, 0.5) is 11.4 Å². The molecule has 0 fully saturated rings. The van der Waals surface area contributed by atoms with Gasteiger partial charge in [-0.25, -0.2) is 0 Å². The first-order chi connectivity index (χ1) is 12.5. The molecule has 4 nitrogen and oxygen atoms in total. The molecule has 6 heteroatoms. The van der Waals surface area contributed by atoms with Gasteiger partial charge in [-0.1, -0.05) is 53.5 Å². The topological polar surface area (TPSA) is 45.2 Å². The zero-order valence-electron chi connectivity index (χ0n) is 14.1. The van der Waals surface area contributed by atoms with Gasteiger partial charge < -0.3 is 10.2 Å². The van der Waals surface area contributed by atoms with Crippen molar-refractivity contribution in [2.24, 2.45) is 0 Å². The highest BCUT2D eigenvalue weighted by Gasteiger charge is 2.11. The Hall–Kier alpha value is -2.56. The van der Waals surface area contributed by atoms with Crippen LogP contribution in [0.15, 0.2) is 67.0 Å². The number of anilines is 2. The SMILES string of the molecule is CN(Cc1ccccc1)c1cncc(C(=O)Nc2ccc(Cl)cc2Cl)c1. The van der Waals surface area contributed by atoms with Crippen molar-refractivity contribution in [3.63, 3.8) is 0 Å². The van der Waals surface area contributed by atoms with E-state index >= 15 is 0 Å². The van der Waals surface area contributed by atoms with Crippen LogP contribution in [0.1, 0.15) is 15.9 Å². The van der Waals surface area contributed by atoms with E-state index < -0.39 is 0 Å². The monoisotopic (exact) mass is 385 g/mol. The van der Waals surface area contributed by atoms with Gasteiger partial charge in [0.2, 0.25) is 0 Å². The van der Waals surface area contributed by atoms with Gasteiger partial charge in [0.1, 0.15) is 0 Å².